The van der Waals surface area contributed by atoms with Gasteiger partial charge in [-0.1, -0.05) is 17.5 Å². The number of benzene rings is 1. The number of halogens is 1. The van der Waals surface area contributed by atoms with Crippen LogP contribution in [0, 0.1) is 17.8 Å². The maximum atomic E-state index is 12.5. The van der Waals surface area contributed by atoms with Crippen LogP contribution in [0.25, 0.3) is 10.9 Å². The Balaban J connectivity index is 1.60. The Kier molecular flexibility index (Phi) is 6.92. The minimum Gasteiger partial charge on any atom is -0.480 e. The molecule has 1 atom stereocenters. The molecule has 0 aliphatic carbocycles. The summed E-state index contributed by atoms with van der Waals surface area (Å²) >= 11 is 6.31. The van der Waals surface area contributed by atoms with E-state index in [0.717, 1.165) is 42.5 Å². The van der Waals surface area contributed by atoms with Gasteiger partial charge in [-0.2, -0.15) is 0 Å². The van der Waals surface area contributed by atoms with E-state index in [0.29, 0.717) is 22.6 Å². The first-order chi connectivity index (χ1) is 15.9. The maximum Gasteiger partial charge on any atom is 0.293 e. The van der Waals surface area contributed by atoms with Crippen LogP contribution in [0.2, 0.25) is 5.02 Å². The van der Waals surface area contributed by atoms with Crippen molar-refractivity contribution in [2.75, 3.05) is 25.0 Å². The Labute approximate surface area is 196 Å². The van der Waals surface area contributed by atoms with Crippen molar-refractivity contribution in [1.29, 1.82) is 0 Å². The molecule has 33 heavy (non-hydrogen) atoms. The zero-order valence-corrected chi connectivity index (χ0v) is 19.2. The molecule has 0 saturated carbocycles. The number of carbonyl (C=O) groups is 1. The van der Waals surface area contributed by atoms with Crippen LogP contribution in [0.3, 0.4) is 0 Å². The summed E-state index contributed by atoms with van der Waals surface area (Å²) in [5.41, 5.74) is 1.14. The Morgan fingerprint density at radius 2 is 2.24 bits per heavy atom. The van der Waals surface area contributed by atoms with Crippen LogP contribution in [-0.2, 0) is 11.8 Å². The van der Waals surface area contributed by atoms with Crippen molar-refractivity contribution in [3.63, 3.8) is 0 Å². The number of fused-ring (bicyclic) bond motifs is 1. The standard InChI is InChI=1S/C24H24ClN5O3/c1-15(31)14-33-21-11-17-10-18(6-7-20(17)30(2)24(21)32)28-23-19(25)13-27-22(29-23)8-5-16-4-3-9-26-12-16/h6-7,10-11,13,16,26H,3-4,9,12,14H2,1-2H3,(H,27,28,29). The number of aryl methyl sites for hydroxylation is 1. The smallest absolute Gasteiger partial charge is 0.293 e. The molecule has 4 rings (SSSR count). The number of rotatable bonds is 5. The highest BCUT2D eigenvalue weighted by Crippen LogP contribution is 2.26. The van der Waals surface area contributed by atoms with Gasteiger partial charge in [-0.05, 0) is 56.5 Å². The van der Waals surface area contributed by atoms with Gasteiger partial charge in [0, 0.05) is 30.6 Å². The highest BCUT2D eigenvalue weighted by atomic mass is 35.5. The summed E-state index contributed by atoms with van der Waals surface area (Å²) < 4.78 is 6.88. The van der Waals surface area contributed by atoms with Gasteiger partial charge in [-0.25, -0.2) is 9.97 Å². The molecule has 3 heterocycles. The van der Waals surface area contributed by atoms with Crippen LogP contribution < -0.4 is 20.9 Å². The molecule has 8 nitrogen and oxygen atoms in total. The summed E-state index contributed by atoms with van der Waals surface area (Å²) in [7, 11) is 1.66. The third-order valence-electron chi connectivity index (χ3n) is 5.31. The van der Waals surface area contributed by atoms with Gasteiger partial charge in [-0.15, -0.1) is 0 Å². The number of nitrogens with zero attached hydrogens (tertiary/aromatic N) is 3. The lowest BCUT2D eigenvalue weighted by Gasteiger charge is -2.17. The van der Waals surface area contributed by atoms with Crippen molar-refractivity contribution in [3.8, 4) is 17.6 Å². The number of pyridine rings is 1. The Morgan fingerprint density at radius 1 is 1.39 bits per heavy atom. The number of carbonyl (C=O) groups excluding carboxylic acids is 1. The molecule has 0 amide bonds. The van der Waals surface area contributed by atoms with Crippen molar-refractivity contribution in [2.24, 2.45) is 13.0 Å². The van der Waals surface area contributed by atoms with Crippen LogP contribution in [-0.4, -0.2) is 40.0 Å². The monoisotopic (exact) mass is 465 g/mol. The molecular formula is C24H24ClN5O3. The van der Waals surface area contributed by atoms with Gasteiger partial charge < -0.3 is 19.9 Å². The fraction of sp³-hybridized carbons (Fsp3) is 0.333. The zero-order valence-electron chi connectivity index (χ0n) is 18.4. The number of nitrogens with one attached hydrogen (secondary N) is 2. The lowest BCUT2D eigenvalue weighted by atomic mass is 10.0. The quantitative estimate of drug-likeness (QED) is 0.559. The van der Waals surface area contributed by atoms with Gasteiger partial charge >= 0.3 is 0 Å². The Bertz CT molecular complexity index is 1320. The summed E-state index contributed by atoms with van der Waals surface area (Å²) in [5.74, 6) is 7.37. The number of ketones is 1. The minimum absolute atomic E-state index is 0.118. The van der Waals surface area contributed by atoms with Crippen LogP contribution >= 0.6 is 11.6 Å². The van der Waals surface area contributed by atoms with Crippen molar-refractivity contribution in [3.05, 3.63) is 51.7 Å². The lowest BCUT2D eigenvalue weighted by Crippen LogP contribution is -2.28. The van der Waals surface area contributed by atoms with Crippen molar-refractivity contribution >= 4 is 39.8 Å². The van der Waals surface area contributed by atoms with E-state index >= 15 is 0 Å². The average molecular weight is 466 g/mol. The summed E-state index contributed by atoms with van der Waals surface area (Å²) in [5, 5.41) is 7.67. The fourth-order valence-electron chi connectivity index (χ4n) is 3.61. The number of Topliss-reactive ketones (excluding diaryl/α,β-unsaturated/α-hetero) is 1. The van der Waals surface area contributed by atoms with E-state index in [1.807, 2.05) is 18.2 Å². The molecule has 2 N–H and O–H groups in total. The first-order valence-corrected chi connectivity index (χ1v) is 11.1. The minimum atomic E-state index is -0.306. The van der Waals surface area contributed by atoms with Gasteiger partial charge in [0.15, 0.2) is 17.4 Å². The van der Waals surface area contributed by atoms with E-state index in [1.54, 1.807) is 13.1 Å². The summed E-state index contributed by atoms with van der Waals surface area (Å²) in [6.07, 6.45) is 3.71. The molecule has 1 aromatic carbocycles. The van der Waals surface area contributed by atoms with E-state index in [2.05, 4.69) is 32.4 Å². The molecule has 1 aliphatic rings. The number of aromatic nitrogens is 3. The lowest BCUT2D eigenvalue weighted by molar-refractivity contribution is -0.118. The van der Waals surface area contributed by atoms with E-state index in [1.165, 1.54) is 17.7 Å². The first-order valence-electron chi connectivity index (χ1n) is 10.7. The maximum absolute atomic E-state index is 12.5. The highest BCUT2D eigenvalue weighted by Gasteiger charge is 2.12. The molecule has 1 fully saturated rings. The summed E-state index contributed by atoms with van der Waals surface area (Å²) in [6.45, 7) is 3.16. The van der Waals surface area contributed by atoms with Crippen molar-refractivity contribution in [1.82, 2.24) is 19.9 Å². The molecule has 3 aromatic rings. The van der Waals surface area contributed by atoms with Crippen molar-refractivity contribution < 1.29 is 9.53 Å². The highest BCUT2D eigenvalue weighted by molar-refractivity contribution is 6.32. The Hall–Kier alpha value is -3.41. The van der Waals surface area contributed by atoms with Gasteiger partial charge in [0.05, 0.1) is 11.7 Å². The second kappa shape index (κ2) is 10.0. The van der Waals surface area contributed by atoms with Crippen LogP contribution in [0.4, 0.5) is 11.5 Å². The second-order valence-corrected chi connectivity index (χ2v) is 8.37. The van der Waals surface area contributed by atoms with Gasteiger partial charge in [0.1, 0.15) is 11.6 Å². The predicted octanol–water partition coefficient (Wildman–Crippen LogP) is 3.04. The number of piperidine rings is 1. The van der Waals surface area contributed by atoms with Gasteiger partial charge in [-0.3, -0.25) is 9.59 Å². The summed E-state index contributed by atoms with van der Waals surface area (Å²) in [6, 6.07) is 7.13. The molecule has 1 unspecified atom stereocenters. The topological polar surface area (TPSA) is 98.1 Å². The third-order valence-corrected chi connectivity index (χ3v) is 5.59. The molecular weight excluding hydrogens is 442 g/mol. The van der Waals surface area contributed by atoms with Crippen LogP contribution in [0.5, 0.6) is 5.75 Å². The number of hydrogen-bond donors (Lipinski definition) is 2. The third kappa shape index (κ3) is 5.51. The van der Waals surface area contributed by atoms with E-state index < -0.39 is 0 Å². The van der Waals surface area contributed by atoms with Gasteiger partial charge in [0.2, 0.25) is 5.82 Å². The number of ether oxygens (including phenoxy) is 1. The first kappa shape index (κ1) is 22.8. The molecule has 170 valence electrons. The Morgan fingerprint density at radius 3 is 3.00 bits per heavy atom. The molecule has 0 bridgehead atoms. The molecule has 2 aromatic heterocycles. The number of anilines is 2. The van der Waals surface area contributed by atoms with Crippen LogP contribution in [0.15, 0.2) is 35.3 Å². The molecule has 0 spiro atoms. The van der Waals surface area contributed by atoms with E-state index in [-0.39, 0.29) is 23.7 Å². The SMILES string of the molecule is CC(=O)COc1cc2cc(Nc3nc(C#CC4CCCNC4)ncc3Cl)ccc2n(C)c1=O. The normalized spacial score (nSPS) is 15.5. The molecule has 1 saturated heterocycles. The van der Waals surface area contributed by atoms with E-state index in [4.69, 9.17) is 16.3 Å². The largest absolute Gasteiger partial charge is 0.480 e. The van der Waals surface area contributed by atoms with Gasteiger partial charge in [0.25, 0.3) is 5.56 Å². The fourth-order valence-corrected chi connectivity index (χ4v) is 3.75. The predicted molar refractivity (Wildman–Crippen MR) is 128 cm³/mol. The summed E-state index contributed by atoms with van der Waals surface area (Å²) in [4.78, 5) is 32.4. The average Bonchev–Trinajstić information content (AvgIpc) is 2.81. The second-order valence-electron chi connectivity index (χ2n) is 7.96. The van der Waals surface area contributed by atoms with Crippen LogP contribution in [0.1, 0.15) is 25.6 Å². The zero-order chi connectivity index (χ0) is 23.4. The molecule has 0 radical (unpaired) electrons. The molecule has 1 aliphatic heterocycles. The number of hydrogen-bond acceptors (Lipinski definition) is 7. The molecule has 9 heteroatoms. The van der Waals surface area contributed by atoms with Crippen molar-refractivity contribution in [2.45, 2.75) is 19.8 Å². The van der Waals surface area contributed by atoms with E-state index in [9.17, 15) is 9.59 Å².